The van der Waals surface area contributed by atoms with E-state index in [-0.39, 0.29) is 11.6 Å². The fraction of sp³-hybridized carbons (Fsp3) is 0.438. The molecule has 5 heteroatoms. The van der Waals surface area contributed by atoms with Gasteiger partial charge in [0, 0.05) is 24.3 Å². The Morgan fingerprint density at radius 2 is 1.95 bits per heavy atom. The first kappa shape index (κ1) is 13.8. The van der Waals surface area contributed by atoms with E-state index in [0.29, 0.717) is 23.4 Å². The lowest BCUT2D eigenvalue weighted by Gasteiger charge is -2.16. The van der Waals surface area contributed by atoms with Crippen molar-refractivity contribution in [2.75, 3.05) is 0 Å². The molecular formula is C16H18N2O3. The first-order valence-corrected chi connectivity index (χ1v) is 7.36. The Hall–Kier alpha value is -2.17. The molecule has 2 aliphatic rings. The number of nitro benzene ring substituents is 1. The summed E-state index contributed by atoms with van der Waals surface area (Å²) in [7, 11) is 0. The first-order valence-electron chi connectivity index (χ1n) is 7.36. The number of carbonyl (C=O) groups excluding carboxylic acids is 1. The summed E-state index contributed by atoms with van der Waals surface area (Å²) in [6, 6.07) is 6.59. The molecule has 2 fully saturated rings. The lowest BCUT2D eigenvalue weighted by molar-refractivity contribution is -0.384. The number of hydrogen-bond donors (Lipinski definition) is 1. The van der Waals surface area contributed by atoms with Gasteiger partial charge in [-0.15, -0.1) is 0 Å². The van der Waals surface area contributed by atoms with Crippen molar-refractivity contribution in [3.05, 3.63) is 46.0 Å². The third-order valence-electron chi connectivity index (χ3n) is 4.08. The fourth-order valence-corrected chi connectivity index (χ4v) is 2.66. The van der Waals surface area contributed by atoms with Gasteiger partial charge in [-0.1, -0.05) is 12.1 Å². The number of hydrogen-bond acceptors (Lipinski definition) is 3. The maximum atomic E-state index is 12.0. The molecule has 0 saturated heterocycles. The lowest BCUT2D eigenvalue weighted by atomic mass is 10.1. The maximum absolute atomic E-state index is 12.0. The topological polar surface area (TPSA) is 72.2 Å². The van der Waals surface area contributed by atoms with Gasteiger partial charge in [0.2, 0.25) is 5.91 Å². The van der Waals surface area contributed by atoms with Gasteiger partial charge in [-0.25, -0.2) is 0 Å². The lowest BCUT2D eigenvalue weighted by Crippen LogP contribution is -2.37. The van der Waals surface area contributed by atoms with Crippen molar-refractivity contribution in [1.29, 1.82) is 0 Å². The molecule has 110 valence electrons. The summed E-state index contributed by atoms with van der Waals surface area (Å²) in [4.78, 5) is 22.2. The zero-order valence-electron chi connectivity index (χ0n) is 11.7. The van der Waals surface area contributed by atoms with Gasteiger partial charge in [-0.2, -0.15) is 0 Å². The Morgan fingerprint density at radius 3 is 2.52 bits per heavy atom. The number of rotatable bonds is 6. The predicted octanol–water partition coefficient (Wildman–Crippen LogP) is 2.91. The Bertz CT molecular complexity index is 577. The van der Waals surface area contributed by atoms with Crippen LogP contribution in [0.15, 0.2) is 30.3 Å². The molecule has 1 N–H and O–H groups in total. The second kappa shape index (κ2) is 5.68. The molecule has 0 unspecified atom stereocenters. The first-order chi connectivity index (χ1) is 10.1. The maximum Gasteiger partial charge on any atom is 0.270 e. The summed E-state index contributed by atoms with van der Waals surface area (Å²) in [5.41, 5.74) is 0.695. The molecule has 2 saturated carbocycles. The van der Waals surface area contributed by atoms with Gasteiger partial charge in [0.15, 0.2) is 0 Å². The highest BCUT2D eigenvalue weighted by Gasteiger charge is 2.41. The van der Waals surface area contributed by atoms with Crippen molar-refractivity contribution in [2.24, 2.45) is 11.8 Å². The fourth-order valence-electron chi connectivity index (χ4n) is 2.66. The molecule has 5 nitrogen and oxygen atoms in total. The van der Waals surface area contributed by atoms with Crippen LogP contribution in [0.2, 0.25) is 0 Å². The minimum atomic E-state index is -0.437. The normalized spacial score (nSPS) is 18.1. The third kappa shape index (κ3) is 3.68. The van der Waals surface area contributed by atoms with Crippen LogP contribution in [0.3, 0.4) is 0 Å². The number of nitrogens with one attached hydrogen (secondary N) is 1. The van der Waals surface area contributed by atoms with Crippen LogP contribution in [0.5, 0.6) is 0 Å². The Morgan fingerprint density at radius 1 is 1.29 bits per heavy atom. The predicted molar refractivity (Wildman–Crippen MR) is 79.5 cm³/mol. The average molecular weight is 286 g/mol. The molecule has 1 amide bonds. The smallest absolute Gasteiger partial charge is 0.270 e. The molecule has 0 aromatic heterocycles. The van der Waals surface area contributed by atoms with Crippen LogP contribution in [0.1, 0.15) is 31.2 Å². The molecule has 0 aliphatic heterocycles. The number of nitrogens with zero attached hydrogens (tertiary/aromatic N) is 1. The number of amides is 1. The molecule has 0 heterocycles. The van der Waals surface area contributed by atoms with Crippen molar-refractivity contribution >= 4 is 17.7 Å². The third-order valence-corrected chi connectivity index (χ3v) is 4.08. The molecule has 2 aliphatic carbocycles. The standard InChI is InChI=1S/C16H18N2O3/c19-15(17-16(12-5-6-12)13-7-8-13)9-4-11-2-1-3-14(10-11)18(20)21/h1-4,9-10,12-13,16H,5-8H2,(H,17,19)/b9-4+. The molecule has 0 atom stereocenters. The second-order valence-electron chi connectivity index (χ2n) is 5.89. The summed E-state index contributed by atoms with van der Waals surface area (Å²) >= 11 is 0. The summed E-state index contributed by atoms with van der Waals surface area (Å²) in [5.74, 6) is 1.21. The highest BCUT2D eigenvalue weighted by molar-refractivity contribution is 5.92. The summed E-state index contributed by atoms with van der Waals surface area (Å²) in [6.45, 7) is 0. The van der Waals surface area contributed by atoms with Crippen molar-refractivity contribution < 1.29 is 9.72 Å². The van der Waals surface area contributed by atoms with Gasteiger partial charge in [0.1, 0.15) is 0 Å². The van der Waals surface area contributed by atoms with Crippen LogP contribution in [0.25, 0.3) is 6.08 Å². The van der Waals surface area contributed by atoms with E-state index in [4.69, 9.17) is 0 Å². The number of non-ortho nitro benzene ring substituents is 1. The largest absolute Gasteiger partial charge is 0.349 e. The molecular weight excluding hydrogens is 268 g/mol. The van der Waals surface area contributed by atoms with E-state index in [1.54, 1.807) is 18.2 Å². The van der Waals surface area contributed by atoms with Gasteiger partial charge in [-0.3, -0.25) is 14.9 Å². The monoisotopic (exact) mass is 286 g/mol. The molecule has 3 rings (SSSR count). The Kier molecular flexibility index (Phi) is 3.73. The Balaban J connectivity index is 1.60. The highest BCUT2D eigenvalue weighted by atomic mass is 16.6. The van der Waals surface area contributed by atoms with E-state index >= 15 is 0 Å². The highest BCUT2D eigenvalue weighted by Crippen LogP contribution is 2.44. The molecule has 1 aromatic carbocycles. The van der Waals surface area contributed by atoms with Gasteiger partial charge in [0.25, 0.3) is 5.69 Å². The van der Waals surface area contributed by atoms with Crippen molar-refractivity contribution in [2.45, 2.75) is 31.7 Å². The zero-order valence-corrected chi connectivity index (χ0v) is 11.7. The second-order valence-corrected chi connectivity index (χ2v) is 5.89. The van der Waals surface area contributed by atoms with Gasteiger partial charge in [-0.05, 0) is 49.2 Å². The number of nitro groups is 1. The molecule has 0 bridgehead atoms. The van der Waals surface area contributed by atoms with Crippen molar-refractivity contribution in [3.63, 3.8) is 0 Å². The molecule has 0 radical (unpaired) electrons. The Labute approximate surface area is 123 Å². The molecule has 21 heavy (non-hydrogen) atoms. The minimum Gasteiger partial charge on any atom is -0.349 e. The van der Waals surface area contributed by atoms with E-state index in [9.17, 15) is 14.9 Å². The van der Waals surface area contributed by atoms with E-state index in [1.165, 1.54) is 43.9 Å². The van der Waals surface area contributed by atoms with E-state index < -0.39 is 4.92 Å². The van der Waals surface area contributed by atoms with Crippen LogP contribution in [-0.2, 0) is 4.79 Å². The van der Waals surface area contributed by atoms with Crippen molar-refractivity contribution in [3.8, 4) is 0 Å². The van der Waals surface area contributed by atoms with E-state index in [2.05, 4.69) is 5.32 Å². The average Bonchev–Trinajstić information content (AvgIpc) is 3.36. The summed E-state index contributed by atoms with van der Waals surface area (Å²) in [6.07, 6.45) is 7.97. The van der Waals surface area contributed by atoms with Crippen LogP contribution in [0.4, 0.5) is 5.69 Å². The van der Waals surface area contributed by atoms with Crippen LogP contribution in [-0.4, -0.2) is 16.9 Å². The minimum absolute atomic E-state index is 0.0337. The van der Waals surface area contributed by atoms with Gasteiger partial charge in [0.05, 0.1) is 4.92 Å². The van der Waals surface area contributed by atoms with E-state index in [1.807, 2.05) is 0 Å². The number of benzene rings is 1. The van der Waals surface area contributed by atoms with Crippen molar-refractivity contribution in [1.82, 2.24) is 5.32 Å². The zero-order chi connectivity index (χ0) is 14.8. The van der Waals surface area contributed by atoms with Gasteiger partial charge >= 0.3 is 0 Å². The SMILES string of the molecule is O=C(/C=C/c1cccc([N+](=O)[O-])c1)NC(C1CC1)C1CC1. The van der Waals surface area contributed by atoms with Crippen LogP contribution >= 0.6 is 0 Å². The van der Waals surface area contributed by atoms with Crippen LogP contribution < -0.4 is 5.32 Å². The number of carbonyl (C=O) groups is 1. The van der Waals surface area contributed by atoms with Crippen LogP contribution in [0, 0.1) is 22.0 Å². The van der Waals surface area contributed by atoms with E-state index in [0.717, 1.165) is 0 Å². The molecule has 1 aromatic rings. The quantitative estimate of drug-likeness (QED) is 0.496. The molecule has 0 spiro atoms. The summed E-state index contributed by atoms with van der Waals surface area (Å²) < 4.78 is 0. The van der Waals surface area contributed by atoms with Gasteiger partial charge < -0.3 is 5.32 Å². The summed E-state index contributed by atoms with van der Waals surface area (Å²) in [5, 5.41) is 13.8.